The van der Waals surface area contributed by atoms with Crippen LogP contribution in [0.2, 0.25) is 0 Å². The molecule has 1 rings (SSSR count). The van der Waals surface area contributed by atoms with Gasteiger partial charge in [0.2, 0.25) is 5.91 Å². The topological polar surface area (TPSA) is 50.4 Å². The van der Waals surface area contributed by atoms with E-state index in [4.69, 9.17) is 4.74 Å². The molecule has 1 heterocycles. The van der Waals surface area contributed by atoms with Crippen LogP contribution in [0.15, 0.2) is 0 Å². The van der Waals surface area contributed by atoms with Crippen molar-refractivity contribution in [3.8, 4) is 0 Å². The van der Waals surface area contributed by atoms with E-state index in [0.29, 0.717) is 12.5 Å². The molecule has 1 amide bonds. The first-order valence-corrected chi connectivity index (χ1v) is 6.63. The van der Waals surface area contributed by atoms with Crippen LogP contribution in [0.3, 0.4) is 0 Å². The number of rotatable bonds is 5. The fourth-order valence-corrected chi connectivity index (χ4v) is 1.88. The number of carbonyl (C=O) groups is 1. The molecular weight excluding hydrogens is 216 g/mol. The summed E-state index contributed by atoms with van der Waals surface area (Å²) in [6.45, 7) is 11.3. The van der Waals surface area contributed by atoms with Gasteiger partial charge in [0, 0.05) is 25.6 Å². The molecule has 100 valence electrons. The molecular formula is C13H26N2O2. The zero-order valence-corrected chi connectivity index (χ0v) is 11.5. The Morgan fingerprint density at radius 1 is 1.47 bits per heavy atom. The lowest BCUT2D eigenvalue weighted by molar-refractivity contribution is -0.128. The van der Waals surface area contributed by atoms with E-state index in [1.54, 1.807) is 0 Å². The first kappa shape index (κ1) is 14.5. The second-order valence-corrected chi connectivity index (χ2v) is 5.31. The molecule has 2 N–H and O–H groups in total. The summed E-state index contributed by atoms with van der Waals surface area (Å²) in [5.74, 6) is 0.556. The molecule has 1 aliphatic rings. The summed E-state index contributed by atoms with van der Waals surface area (Å²) >= 11 is 0. The highest BCUT2D eigenvalue weighted by molar-refractivity contribution is 5.78. The summed E-state index contributed by atoms with van der Waals surface area (Å²) < 4.78 is 5.83. The molecule has 2 atom stereocenters. The minimum absolute atomic E-state index is 0.0560. The average molecular weight is 242 g/mol. The third-order valence-electron chi connectivity index (χ3n) is 3.78. The summed E-state index contributed by atoms with van der Waals surface area (Å²) in [6, 6.07) is 0. The van der Waals surface area contributed by atoms with E-state index in [0.717, 1.165) is 26.1 Å². The van der Waals surface area contributed by atoms with Crippen LogP contribution in [0.25, 0.3) is 0 Å². The van der Waals surface area contributed by atoms with Crippen molar-refractivity contribution in [2.45, 2.75) is 39.7 Å². The van der Waals surface area contributed by atoms with Crippen molar-refractivity contribution >= 4 is 5.91 Å². The number of hydrogen-bond acceptors (Lipinski definition) is 3. The largest absolute Gasteiger partial charge is 0.371 e. The molecule has 0 saturated carbocycles. The van der Waals surface area contributed by atoms with Gasteiger partial charge in [-0.2, -0.15) is 0 Å². The van der Waals surface area contributed by atoms with Crippen LogP contribution < -0.4 is 10.6 Å². The normalized spacial score (nSPS) is 26.9. The number of amides is 1. The summed E-state index contributed by atoms with van der Waals surface area (Å²) in [5, 5.41) is 6.35. The molecule has 0 aromatic rings. The van der Waals surface area contributed by atoms with Gasteiger partial charge in [0.05, 0.1) is 12.2 Å². The van der Waals surface area contributed by atoms with Gasteiger partial charge in [-0.15, -0.1) is 0 Å². The first-order valence-electron chi connectivity index (χ1n) is 6.63. The monoisotopic (exact) mass is 242 g/mol. The van der Waals surface area contributed by atoms with Crippen LogP contribution in [0.5, 0.6) is 0 Å². The van der Waals surface area contributed by atoms with Crippen LogP contribution in [0.1, 0.15) is 34.1 Å². The smallest absolute Gasteiger partial charge is 0.223 e. The third kappa shape index (κ3) is 3.96. The van der Waals surface area contributed by atoms with Gasteiger partial charge in [0.25, 0.3) is 0 Å². The van der Waals surface area contributed by atoms with Crippen LogP contribution >= 0.6 is 0 Å². The SMILES string of the molecule is CCC1(CNC(=O)C(C)C(C)C)CNCCO1. The van der Waals surface area contributed by atoms with Gasteiger partial charge in [-0.25, -0.2) is 0 Å². The number of hydrogen-bond donors (Lipinski definition) is 2. The molecule has 1 aliphatic heterocycles. The number of morpholine rings is 1. The molecule has 0 aromatic heterocycles. The van der Waals surface area contributed by atoms with Crippen molar-refractivity contribution in [2.75, 3.05) is 26.2 Å². The Hall–Kier alpha value is -0.610. The zero-order chi connectivity index (χ0) is 12.9. The van der Waals surface area contributed by atoms with E-state index >= 15 is 0 Å². The molecule has 4 nitrogen and oxygen atoms in total. The fourth-order valence-electron chi connectivity index (χ4n) is 1.88. The lowest BCUT2D eigenvalue weighted by Crippen LogP contribution is -2.56. The Balaban J connectivity index is 2.44. The van der Waals surface area contributed by atoms with Crippen LogP contribution in [0.4, 0.5) is 0 Å². The summed E-state index contributed by atoms with van der Waals surface area (Å²) in [5.41, 5.74) is -0.218. The highest BCUT2D eigenvalue weighted by atomic mass is 16.5. The van der Waals surface area contributed by atoms with Crippen molar-refractivity contribution in [1.82, 2.24) is 10.6 Å². The van der Waals surface area contributed by atoms with E-state index in [1.807, 2.05) is 6.92 Å². The summed E-state index contributed by atoms with van der Waals surface area (Å²) in [7, 11) is 0. The molecule has 1 saturated heterocycles. The molecule has 0 aliphatic carbocycles. The number of carbonyl (C=O) groups excluding carboxylic acids is 1. The Morgan fingerprint density at radius 3 is 2.65 bits per heavy atom. The quantitative estimate of drug-likeness (QED) is 0.761. The van der Waals surface area contributed by atoms with Gasteiger partial charge in [-0.05, 0) is 12.3 Å². The maximum atomic E-state index is 11.9. The lowest BCUT2D eigenvalue weighted by atomic mass is 9.95. The first-order chi connectivity index (χ1) is 8.01. The van der Waals surface area contributed by atoms with Crippen molar-refractivity contribution in [2.24, 2.45) is 11.8 Å². The van der Waals surface area contributed by atoms with Gasteiger partial charge in [0.15, 0.2) is 0 Å². The van der Waals surface area contributed by atoms with E-state index in [9.17, 15) is 4.79 Å². The van der Waals surface area contributed by atoms with Crippen molar-refractivity contribution in [3.05, 3.63) is 0 Å². The van der Waals surface area contributed by atoms with E-state index in [2.05, 4.69) is 31.4 Å². The standard InChI is InChI=1S/C13H26N2O2/c1-5-13(8-14-6-7-17-13)9-15-12(16)11(4)10(2)3/h10-11,14H,5-9H2,1-4H3,(H,15,16). The summed E-state index contributed by atoms with van der Waals surface area (Å²) in [4.78, 5) is 11.9. The fraction of sp³-hybridized carbons (Fsp3) is 0.923. The average Bonchev–Trinajstić information content (AvgIpc) is 2.36. The van der Waals surface area contributed by atoms with Gasteiger partial charge < -0.3 is 15.4 Å². The van der Waals surface area contributed by atoms with E-state index < -0.39 is 0 Å². The van der Waals surface area contributed by atoms with Crippen LogP contribution in [-0.2, 0) is 9.53 Å². The molecule has 4 heteroatoms. The van der Waals surface area contributed by atoms with Crippen LogP contribution in [-0.4, -0.2) is 37.7 Å². The van der Waals surface area contributed by atoms with Crippen molar-refractivity contribution < 1.29 is 9.53 Å². The third-order valence-corrected chi connectivity index (χ3v) is 3.78. The molecule has 1 fully saturated rings. The minimum atomic E-state index is -0.218. The van der Waals surface area contributed by atoms with Crippen LogP contribution in [0, 0.1) is 11.8 Å². The maximum Gasteiger partial charge on any atom is 0.223 e. The molecule has 2 unspecified atom stereocenters. The zero-order valence-electron chi connectivity index (χ0n) is 11.5. The van der Waals surface area contributed by atoms with Crippen molar-refractivity contribution in [1.29, 1.82) is 0 Å². The van der Waals surface area contributed by atoms with Gasteiger partial charge in [-0.1, -0.05) is 27.7 Å². The second kappa shape index (κ2) is 6.36. The van der Waals surface area contributed by atoms with Crippen molar-refractivity contribution in [3.63, 3.8) is 0 Å². The highest BCUT2D eigenvalue weighted by Crippen LogP contribution is 2.17. The number of nitrogens with one attached hydrogen (secondary N) is 2. The van der Waals surface area contributed by atoms with Gasteiger partial charge >= 0.3 is 0 Å². The van der Waals surface area contributed by atoms with E-state index in [1.165, 1.54) is 0 Å². The molecule has 0 radical (unpaired) electrons. The van der Waals surface area contributed by atoms with Gasteiger partial charge in [-0.3, -0.25) is 4.79 Å². The van der Waals surface area contributed by atoms with E-state index in [-0.39, 0.29) is 17.4 Å². The molecule has 17 heavy (non-hydrogen) atoms. The predicted octanol–water partition coefficient (Wildman–Crippen LogP) is 1.16. The second-order valence-electron chi connectivity index (χ2n) is 5.31. The summed E-state index contributed by atoms with van der Waals surface area (Å²) in [6.07, 6.45) is 0.913. The predicted molar refractivity (Wildman–Crippen MR) is 68.9 cm³/mol. The Bertz CT molecular complexity index is 248. The Kier molecular flexibility index (Phi) is 5.40. The Morgan fingerprint density at radius 2 is 2.18 bits per heavy atom. The molecule has 0 spiro atoms. The molecule has 0 bridgehead atoms. The minimum Gasteiger partial charge on any atom is -0.371 e. The lowest BCUT2D eigenvalue weighted by Gasteiger charge is -2.37. The number of ether oxygens (including phenoxy) is 1. The maximum absolute atomic E-state index is 11.9. The highest BCUT2D eigenvalue weighted by Gasteiger charge is 2.32. The molecule has 0 aromatic carbocycles. The Labute approximate surface area is 104 Å². The van der Waals surface area contributed by atoms with Gasteiger partial charge in [0.1, 0.15) is 0 Å².